The molecule has 1 atom stereocenters. The van der Waals surface area contributed by atoms with Gasteiger partial charge in [-0.1, -0.05) is 126 Å². The Morgan fingerprint density at radius 2 is 0.730 bits per heavy atom. The maximum atomic E-state index is 10.3. The zero-order valence-corrected chi connectivity index (χ0v) is 52.7. The highest BCUT2D eigenvalue weighted by atomic mass is 15.3. The van der Waals surface area contributed by atoms with E-state index in [-0.39, 0.29) is 21.7 Å². The van der Waals surface area contributed by atoms with Gasteiger partial charge in [0.2, 0.25) is 0 Å². The molecular weight excluding hydrogens is 1090 g/mol. The van der Waals surface area contributed by atoms with Crippen molar-refractivity contribution >= 4 is 55.3 Å². The molecule has 0 saturated carbocycles. The van der Waals surface area contributed by atoms with Gasteiger partial charge in [0.25, 0.3) is 0 Å². The first-order chi connectivity index (χ1) is 42.3. The third kappa shape index (κ3) is 10.6. The van der Waals surface area contributed by atoms with E-state index < -0.39 is 6.17 Å². The lowest BCUT2D eigenvalue weighted by Gasteiger charge is -2.35. The van der Waals surface area contributed by atoms with Crippen molar-refractivity contribution in [2.75, 3.05) is 7.05 Å². The second-order valence-corrected chi connectivity index (χ2v) is 27.7. The van der Waals surface area contributed by atoms with Gasteiger partial charge in [-0.05, 0) is 188 Å². The number of amidine groups is 2. The van der Waals surface area contributed by atoms with Gasteiger partial charge < -0.3 is 14.0 Å². The summed E-state index contributed by atoms with van der Waals surface area (Å²) in [6.45, 7) is 27.1. The summed E-state index contributed by atoms with van der Waals surface area (Å²) in [4.78, 5) is 13.7. The molecule has 9 aromatic carbocycles. The summed E-state index contributed by atoms with van der Waals surface area (Å²) in [5.41, 5.74) is 17.9. The number of hydrogen-bond donors (Lipinski definition) is 0. The SMILES string of the molecule is CN1C(c2cc(C(C)(C)C)cc(C(C)(C)C)c2)=NC(c2cc(C(C)(C)C)cc(C(C)(C)C)c2)=NC1c1ccc(-n2c3ccc(C#N)cc3c3cc(C#N)ccc32)c(-c2ccc(-c3ccc(C#N)cc3)cc2-n2c3ccc(C#N)cc3c3cc(C#N)ccc32)c1. The van der Waals surface area contributed by atoms with Crippen LogP contribution >= 0.6 is 0 Å². The lowest BCUT2D eigenvalue weighted by atomic mass is 9.79. The number of rotatable bonds is 7. The van der Waals surface area contributed by atoms with Crippen LogP contribution in [0.5, 0.6) is 0 Å². The Labute approximate surface area is 521 Å². The molecule has 1 aliphatic heterocycles. The smallest absolute Gasteiger partial charge is 0.159 e. The van der Waals surface area contributed by atoms with Crippen LogP contribution in [0.4, 0.5) is 0 Å². The molecule has 0 fully saturated rings. The first kappa shape index (κ1) is 58.5. The molecule has 0 spiro atoms. The molecule has 1 unspecified atom stereocenters. The van der Waals surface area contributed by atoms with Gasteiger partial charge >= 0.3 is 0 Å². The van der Waals surface area contributed by atoms with E-state index in [1.54, 1.807) is 0 Å². The van der Waals surface area contributed by atoms with Crippen molar-refractivity contribution in [3.63, 3.8) is 0 Å². The second-order valence-electron chi connectivity index (χ2n) is 27.7. The van der Waals surface area contributed by atoms with Crippen molar-refractivity contribution < 1.29 is 0 Å². The Morgan fingerprint density at radius 3 is 1.13 bits per heavy atom. The summed E-state index contributed by atoms with van der Waals surface area (Å²) in [5, 5.41) is 54.5. The lowest BCUT2D eigenvalue weighted by Crippen LogP contribution is -2.36. The van der Waals surface area contributed by atoms with Gasteiger partial charge in [0.05, 0.1) is 91.6 Å². The highest BCUT2D eigenvalue weighted by molar-refractivity contribution is 6.14. The standard InChI is InChI=1S/C79H68N10/c1-76(2,3)57-34-55(35-58(40-57)77(4,5)6)73-85-74(87(13)75(86-73)56-36-59(78(7,8)9)41-60(37-56)79(10,11)12)54-23-29-71(88-67-25-16-48(43-81)30-62(67)63-31-49(44-82)17-26-68(63)88)66(38-54)61-24-22-53(52-20-14-47(42-80)15-21-52)39-72(61)89-69-27-18-50(45-83)32-64(69)65-33-51(46-84)19-28-70(65)89/h14-41,74H,1-13H3. The van der Waals surface area contributed by atoms with E-state index in [2.05, 4.69) is 207 Å². The van der Waals surface area contributed by atoms with Gasteiger partial charge in [-0.3, -0.25) is 0 Å². The van der Waals surface area contributed by atoms with Gasteiger partial charge in [-0.15, -0.1) is 0 Å². The van der Waals surface area contributed by atoms with E-state index in [0.717, 1.165) is 99.8 Å². The average Bonchev–Trinajstić information content (AvgIpc) is 1.75. The average molecular weight is 1160 g/mol. The topological polar surface area (TPSA) is 157 Å². The van der Waals surface area contributed by atoms with Gasteiger partial charge in [-0.2, -0.15) is 26.3 Å². The van der Waals surface area contributed by atoms with Crippen LogP contribution in [-0.2, 0) is 21.7 Å². The third-order valence-electron chi connectivity index (χ3n) is 17.5. The predicted octanol–water partition coefficient (Wildman–Crippen LogP) is 18.6. The fourth-order valence-electron chi connectivity index (χ4n) is 12.3. The molecule has 0 saturated heterocycles. The Bertz CT molecular complexity index is 4870. The largest absolute Gasteiger partial charge is 0.333 e. The van der Waals surface area contributed by atoms with E-state index in [1.165, 1.54) is 22.3 Å². The minimum atomic E-state index is -0.615. The van der Waals surface area contributed by atoms with Crippen molar-refractivity contribution in [3.05, 3.63) is 237 Å². The molecule has 11 aromatic rings. The summed E-state index contributed by atoms with van der Waals surface area (Å²) in [7, 11) is 2.09. The number of aliphatic imine (C=N–C) groups is 2. The number of fused-ring (bicyclic) bond motifs is 6. The van der Waals surface area contributed by atoms with Crippen LogP contribution < -0.4 is 0 Å². The number of nitrogens with zero attached hydrogens (tertiary/aromatic N) is 10. The van der Waals surface area contributed by atoms with E-state index in [1.807, 2.05) is 97.1 Å². The molecule has 10 nitrogen and oxygen atoms in total. The van der Waals surface area contributed by atoms with Crippen molar-refractivity contribution in [2.24, 2.45) is 9.98 Å². The zero-order valence-electron chi connectivity index (χ0n) is 52.7. The summed E-state index contributed by atoms with van der Waals surface area (Å²) in [6, 6.07) is 69.0. The molecule has 3 heterocycles. The molecule has 0 bridgehead atoms. The van der Waals surface area contributed by atoms with Crippen molar-refractivity contribution in [2.45, 2.75) is 111 Å². The predicted molar refractivity (Wildman–Crippen MR) is 361 cm³/mol. The van der Waals surface area contributed by atoms with E-state index in [0.29, 0.717) is 33.7 Å². The molecule has 0 aliphatic carbocycles. The molecule has 434 valence electrons. The molecule has 0 radical (unpaired) electrons. The molecular formula is C79H68N10. The number of hydrogen-bond acceptors (Lipinski definition) is 8. The number of aromatic nitrogens is 2. The Morgan fingerprint density at radius 1 is 0.348 bits per heavy atom. The molecule has 2 aromatic heterocycles. The highest BCUT2D eigenvalue weighted by Crippen LogP contribution is 2.45. The Balaban J connectivity index is 1.21. The second kappa shape index (κ2) is 21.5. The van der Waals surface area contributed by atoms with Gasteiger partial charge in [0, 0.05) is 50.8 Å². The maximum absolute atomic E-state index is 10.3. The Hall–Kier alpha value is -10.8. The number of benzene rings is 9. The summed E-state index contributed by atoms with van der Waals surface area (Å²) >= 11 is 0. The quantitative estimate of drug-likeness (QED) is 0.155. The normalized spacial score (nSPS) is 13.8. The van der Waals surface area contributed by atoms with Gasteiger partial charge in [0.1, 0.15) is 5.84 Å². The summed E-state index contributed by atoms with van der Waals surface area (Å²) < 4.78 is 4.47. The van der Waals surface area contributed by atoms with Crippen LogP contribution in [0.3, 0.4) is 0 Å². The minimum Gasteiger partial charge on any atom is -0.333 e. The highest BCUT2D eigenvalue weighted by Gasteiger charge is 2.33. The summed E-state index contributed by atoms with van der Waals surface area (Å²) in [5.74, 6) is 1.41. The number of nitriles is 5. The molecule has 12 rings (SSSR count). The van der Waals surface area contributed by atoms with E-state index >= 15 is 0 Å². The molecule has 0 amide bonds. The van der Waals surface area contributed by atoms with Crippen LogP contribution in [0.15, 0.2) is 180 Å². The Kier molecular flexibility index (Phi) is 14.2. The summed E-state index contributed by atoms with van der Waals surface area (Å²) in [6.07, 6.45) is -0.615. The first-order valence-corrected chi connectivity index (χ1v) is 30.1. The minimum absolute atomic E-state index is 0.174. The molecule has 0 N–H and O–H groups in total. The lowest BCUT2D eigenvalue weighted by molar-refractivity contribution is 0.382. The molecule has 1 aliphatic rings. The molecule has 89 heavy (non-hydrogen) atoms. The molecule has 10 heteroatoms. The third-order valence-corrected chi connectivity index (χ3v) is 17.5. The fourth-order valence-corrected chi connectivity index (χ4v) is 12.3. The van der Waals surface area contributed by atoms with Crippen LogP contribution in [0.2, 0.25) is 0 Å². The van der Waals surface area contributed by atoms with Gasteiger partial charge in [-0.25, -0.2) is 9.98 Å². The van der Waals surface area contributed by atoms with Crippen LogP contribution in [0.25, 0.3) is 77.2 Å². The monoisotopic (exact) mass is 1160 g/mol. The van der Waals surface area contributed by atoms with Crippen molar-refractivity contribution in [1.29, 1.82) is 26.3 Å². The van der Waals surface area contributed by atoms with Crippen LogP contribution in [0.1, 0.15) is 156 Å². The first-order valence-electron chi connectivity index (χ1n) is 30.1. The van der Waals surface area contributed by atoms with Crippen molar-refractivity contribution in [3.8, 4) is 64.0 Å². The van der Waals surface area contributed by atoms with Crippen LogP contribution in [0, 0.1) is 56.7 Å². The van der Waals surface area contributed by atoms with E-state index in [9.17, 15) is 26.3 Å². The van der Waals surface area contributed by atoms with E-state index in [4.69, 9.17) is 9.98 Å². The fraction of sp³-hybridized carbons (Fsp3) is 0.228. The maximum Gasteiger partial charge on any atom is 0.159 e. The zero-order chi connectivity index (χ0) is 63.2. The van der Waals surface area contributed by atoms with Gasteiger partial charge in [0.15, 0.2) is 12.0 Å². The van der Waals surface area contributed by atoms with Crippen LogP contribution in [-0.4, -0.2) is 32.8 Å². The van der Waals surface area contributed by atoms with Crippen molar-refractivity contribution in [1.82, 2.24) is 14.0 Å².